The van der Waals surface area contributed by atoms with Crippen molar-refractivity contribution in [2.45, 2.75) is 115 Å². The van der Waals surface area contributed by atoms with E-state index in [2.05, 4.69) is 34.7 Å². The Hall–Kier alpha value is -1.32. The van der Waals surface area contributed by atoms with E-state index in [1.165, 1.54) is 91.3 Å². The number of unbranched alkanes of at least 4 members (excludes halogenated alkanes) is 8. The molecule has 1 aliphatic rings. The summed E-state index contributed by atoms with van der Waals surface area (Å²) in [6.45, 7) is 6.92. The van der Waals surface area contributed by atoms with E-state index in [0.717, 1.165) is 52.0 Å². The first-order valence-corrected chi connectivity index (χ1v) is 16.8. The monoisotopic (exact) mass is 544 g/mol. The summed E-state index contributed by atoms with van der Waals surface area (Å²) in [5.41, 5.74) is 2.47. The fourth-order valence-electron chi connectivity index (χ4n) is 5.25. The van der Waals surface area contributed by atoms with Crippen LogP contribution in [0.2, 0.25) is 0 Å². The summed E-state index contributed by atoms with van der Waals surface area (Å²) in [5, 5.41) is 22.1. The summed E-state index contributed by atoms with van der Waals surface area (Å²) in [6, 6.07) is 0. The average molecular weight is 545 g/mol. The van der Waals surface area contributed by atoms with Crippen molar-refractivity contribution in [2.24, 2.45) is 5.92 Å². The minimum Gasteiger partial charge on any atom is -0.245 e. The van der Waals surface area contributed by atoms with Crippen molar-refractivity contribution in [3.05, 3.63) is 10.4 Å². The minimum absolute atomic E-state index is 0.742. The Morgan fingerprint density at radius 1 is 0.806 bits per heavy atom. The van der Waals surface area contributed by atoms with Crippen LogP contribution in [0.5, 0.6) is 0 Å². The van der Waals surface area contributed by atoms with Gasteiger partial charge in [0.2, 0.25) is 5.78 Å². The molecule has 6 nitrogen and oxygen atoms in total. The van der Waals surface area contributed by atoms with Crippen molar-refractivity contribution in [1.29, 1.82) is 0 Å². The van der Waals surface area contributed by atoms with E-state index in [9.17, 15) is 0 Å². The highest BCUT2D eigenvalue weighted by Crippen LogP contribution is 2.41. The molecule has 1 atom stereocenters. The molecule has 9 heteroatoms. The van der Waals surface area contributed by atoms with Crippen LogP contribution >= 0.6 is 34.9 Å². The van der Waals surface area contributed by atoms with E-state index in [-0.39, 0.29) is 0 Å². The van der Waals surface area contributed by atoms with Crippen LogP contribution in [-0.4, -0.2) is 40.7 Å². The van der Waals surface area contributed by atoms with Crippen LogP contribution in [0.15, 0.2) is 10.3 Å². The molecule has 1 unspecified atom stereocenters. The topological polar surface area (TPSA) is 60.4 Å². The molecule has 0 N–H and O–H groups in total. The van der Waals surface area contributed by atoms with Crippen molar-refractivity contribution in [2.75, 3.05) is 11.5 Å². The zero-order valence-corrected chi connectivity index (χ0v) is 24.5. The standard InChI is InChI=1S/C27H40N6S3/c1-4-6-8-10-12-16-34-26-30-28-23-22-20-15-14-19(3)18-21(20)36-24(22)33-25(32(23)26)29-31-27(33)35-17-13-11-9-7-5-2/h19H,4-18H2,1-3H3. The molecule has 0 fully saturated rings. The van der Waals surface area contributed by atoms with Crippen molar-refractivity contribution in [3.63, 3.8) is 0 Å². The normalized spacial score (nSPS) is 16.0. The maximum atomic E-state index is 4.75. The fourth-order valence-corrected chi connectivity index (χ4v) is 8.67. The van der Waals surface area contributed by atoms with Crippen molar-refractivity contribution in [3.8, 4) is 0 Å². The largest absolute Gasteiger partial charge is 0.245 e. The van der Waals surface area contributed by atoms with E-state index in [1.54, 1.807) is 0 Å². The lowest BCUT2D eigenvalue weighted by Crippen LogP contribution is -2.08. The highest BCUT2D eigenvalue weighted by molar-refractivity contribution is 7.99. The summed E-state index contributed by atoms with van der Waals surface area (Å²) in [6.07, 6.45) is 16.5. The minimum atomic E-state index is 0.742. The molecule has 196 valence electrons. The number of thiophene rings is 1. The van der Waals surface area contributed by atoms with Crippen LogP contribution in [0.1, 0.15) is 102 Å². The molecule has 5 rings (SSSR count). The number of fused-ring (bicyclic) bond motifs is 8. The molecule has 4 aromatic rings. The maximum Gasteiger partial charge on any atom is 0.245 e. The lowest BCUT2D eigenvalue weighted by molar-refractivity contribution is 0.509. The second-order valence-corrected chi connectivity index (χ2v) is 13.5. The third-order valence-electron chi connectivity index (χ3n) is 7.33. The first-order valence-electron chi connectivity index (χ1n) is 14.0. The van der Waals surface area contributed by atoms with Gasteiger partial charge in [0.1, 0.15) is 4.83 Å². The lowest BCUT2D eigenvalue weighted by Gasteiger charge is -2.17. The zero-order chi connectivity index (χ0) is 24.9. The second-order valence-electron chi connectivity index (χ2n) is 10.3. The maximum absolute atomic E-state index is 4.75. The first kappa shape index (κ1) is 26.3. The van der Waals surface area contributed by atoms with Gasteiger partial charge < -0.3 is 0 Å². The third-order valence-corrected chi connectivity index (χ3v) is 10.6. The van der Waals surface area contributed by atoms with Gasteiger partial charge in [-0.15, -0.1) is 31.7 Å². The molecule has 0 bridgehead atoms. The summed E-state index contributed by atoms with van der Waals surface area (Å²) in [5.74, 6) is 3.78. The van der Waals surface area contributed by atoms with E-state index < -0.39 is 0 Å². The highest BCUT2D eigenvalue weighted by atomic mass is 32.2. The van der Waals surface area contributed by atoms with Gasteiger partial charge in [-0.1, -0.05) is 95.7 Å². The summed E-state index contributed by atoms with van der Waals surface area (Å²) in [4.78, 5) is 2.79. The van der Waals surface area contributed by atoms with Gasteiger partial charge in [0.05, 0.1) is 5.39 Å². The van der Waals surface area contributed by atoms with Crippen molar-refractivity contribution < 1.29 is 0 Å². The van der Waals surface area contributed by atoms with Crippen molar-refractivity contribution in [1.82, 2.24) is 29.2 Å². The molecule has 0 amide bonds. The Labute approximate surface area is 227 Å². The van der Waals surface area contributed by atoms with Gasteiger partial charge in [-0.25, -0.2) is 8.80 Å². The smallest absolute Gasteiger partial charge is 0.245 e. The van der Waals surface area contributed by atoms with Crippen LogP contribution in [0.4, 0.5) is 0 Å². The van der Waals surface area contributed by atoms with E-state index in [4.69, 9.17) is 15.3 Å². The third kappa shape index (κ3) is 5.44. The molecule has 0 saturated carbocycles. The Balaban J connectivity index is 1.49. The SMILES string of the molecule is CCCCCCCSc1nnc2c3c4c(sc3n3c(SCCCCCCC)nnc3n12)CC(C)CC4. The fraction of sp³-hybridized carbons (Fsp3) is 0.704. The molecule has 0 saturated heterocycles. The number of aryl methyl sites for hydroxylation is 1. The summed E-state index contributed by atoms with van der Waals surface area (Å²) < 4.78 is 4.52. The van der Waals surface area contributed by atoms with E-state index in [0.29, 0.717) is 0 Å². The number of aromatic nitrogens is 6. The Kier molecular flexibility index (Phi) is 9.12. The van der Waals surface area contributed by atoms with Crippen LogP contribution < -0.4 is 0 Å². The molecule has 0 aliphatic heterocycles. The average Bonchev–Trinajstić information content (AvgIpc) is 3.58. The van der Waals surface area contributed by atoms with Gasteiger partial charge in [0, 0.05) is 16.4 Å². The first-order chi connectivity index (χ1) is 17.7. The predicted molar refractivity (Wildman–Crippen MR) is 155 cm³/mol. The molecule has 0 radical (unpaired) electrons. The molecular weight excluding hydrogens is 505 g/mol. The second kappa shape index (κ2) is 12.5. The Morgan fingerprint density at radius 3 is 2.14 bits per heavy atom. The van der Waals surface area contributed by atoms with Gasteiger partial charge in [-0.05, 0) is 43.6 Å². The molecule has 4 aromatic heterocycles. The lowest BCUT2D eigenvalue weighted by atomic mass is 9.89. The van der Waals surface area contributed by atoms with Crippen LogP contribution in [-0.2, 0) is 12.8 Å². The molecule has 0 aromatic carbocycles. The van der Waals surface area contributed by atoms with Crippen LogP contribution in [0, 0.1) is 5.92 Å². The Morgan fingerprint density at radius 2 is 1.44 bits per heavy atom. The molecular formula is C27H40N6S3. The summed E-state index contributed by atoms with van der Waals surface area (Å²) in [7, 11) is 0. The van der Waals surface area contributed by atoms with Crippen LogP contribution in [0.3, 0.4) is 0 Å². The van der Waals surface area contributed by atoms with E-state index >= 15 is 0 Å². The number of rotatable bonds is 14. The van der Waals surface area contributed by atoms with Crippen molar-refractivity contribution >= 4 is 56.5 Å². The zero-order valence-electron chi connectivity index (χ0n) is 22.1. The summed E-state index contributed by atoms with van der Waals surface area (Å²) >= 11 is 5.62. The quantitative estimate of drug-likeness (QED) is 0.118. The van der Waals surface area contributed by atoms with Gasteiger partial charge in [-0.3, -0.25) is 0 Å². The molecule has 36 heavy (non-hydrogen) atoms. The van der Waals surface area contributed by atoms with E-state index in [1.807, 2.05) is 34.9 Å². The van der Waals surface area contributed by atoms with Gasteiger partial charge >= 0.3 is 0 Å². The molecule has 1 aliphatic carbocycles. The number of thioether (sulfide) groups is 2. The van der Waals surface area contributed by atoms with Gasteiger partial charge in [0.25, 0.3) is 0 Å². The predicted octanol–water partition coefficient (Wildman–Crippen LogP) is 8.24. The highest BCUT2D eigenvalue weighted by Gasteiger charge is 2.27. The van der Waals surface area contributed by atoms with Crippen LogP contribution in [0.25, 0.3) is 21.6 Å². The molecule has 0 spiro atoms. The van der Waals surface area contributed by atoms with Gasteiger partial charge in [-0.2, -0.15) is 0 Å². The molecule has 4 heterocycles. The van der Waals surface area contributed by atoms with Gasteiger partial charge in [0.15, 0.2) is 16.0 Å². The number of nitrogens with zero attached hydrogens (tertiary/aromatic N) is 6. The number of hydrogen-bond acceptors (Lipinski definition) is 7. The number of hydrogen-bond donors (Lipinski definition) is 0. The Bertz CT molecular complexity index is 1290.